The predicted molar refractivity (Wildman–Crippen MR) is 57.5 cm³/mol. The summed E-state index contributed by atoms with van der Waals surface area (Å²) >= 11 is 0. The lowest BCUT2D eigenvalue weighted by Gasteiger charge is -2.25. The van der Waals surface area contributed by atoms with Crippen LogP contribution in [0.5, 0.6) is 0 Å². The lowest BCUT2D eigenvalue weighted by atomic mass is 10.1. The fraction of sp³-hybridized carbons (Fsp3) is 0.900. The van der Waals surface area contributed by atoms with Gasteiger partial charge in [0.25, 0.3) is 0 Å². The second-order valence-corrected chi connectivity index (χ2v) is 3.93. The molecule has 0 aromatic rings. The number of carboxylic acid groups (broad SMARTS) is 1. The number of aliphatic carboxylic acids is 1. The summed E-state index contributed by atoms with van der Waals surface area (Å²) < 4.78 is 0. The Labute approximate surface area is 86.5 Å². The van der Waals surface area contributed by atoms with Crippen LogP contribution in [-0.4, -0.2) is 61.2 Å². The second-order valence-electron chi connectivity index (χ2n) is 3.93. The highest BCUT2D eigenvalue weighted by Gasteiger charge is 2.20. The number of likely N-dealkylation sites (N-methyl/N-ethyl adjacent to an activating group) is 2. The number of rotatable bonds is 7. The zero-order chi connectivity index (χ0) is 11.1. The molecule has 0 rings (SSSR count). The Balaban J connectivity index is 4.01. The molecule has 14 heavy (non-hydrogen) atoms. The van der Waals surface area contributed by atoms with Crippen LogP contribution in [0.25, 0.3) is 0 Å². The maximum absolute atomic E-state index is 10.9. The molecule has 0 saturated heterocycles. The largest absolute Gasteiger partial charge is 0.480 e. The van der Waals surface area contributed by atoms with Crippen LogP contribution in [0.1, 0.15) is 19.8 Å². The summed E-state index contributed by atoms with van der Waals surface area (Å²) in [4.78, 5) is 14.9. The van der Waals surface area contributed by atoms with Gasteiger partial charge in [-0.25, -0.2) is 0 Å². The molecule has 0 saturated carbocycles. The molecule has 0 aromatic carbocycles. The first-order valence-electron chi connectivity index (χ1n) is 5.06. The van der Waals surface area contributed by atoms with Gasteiger partial charge in [-0.15, -0.1) is 0 Å². The van der Waals surface area contributed by atoms with Gasteiger partial charge in [-0.1, -0.05) is 13.3 Å². The van der Waals surface area contributed by atoms with Crippen LogP contribution in [0.3, 0.4) is 0 Å². The van der Waals surface area contributed by atoms with Crippen molar-refractivity contribution in [1.29, 1.82) is 0 Å². The summed E-state index contributed by atoms with van der Waals surface area (Å²) in [6, 6.07) is -0.333. The third-order valence-electron chi connectivity index (χ3n) is 2.28. The van der Waals surface area contributed by atoms with Crippen LogP contribution in [0.4, 0.5) is 0 Å². The quantitative estimate of drug-likeness (QED) is 0.661. The van der Waals surface area contributed by atoms with Crippen molar-refractivity contribution in [1.82, 2.24) is 9.80 Å². The Morgan fingerprint density at radius 3 is 2.21 bits per heavy atom. The normalized spacial score (nSPS) is 13.6. The molecule has 0 aliphatic rings. The lowest BCUT2D eigenvalue weighted by molar-refractivity contribution is -0.143. The van der Waals surface area contributed by atoms with Crippen molar-refractivity contribution in [3.05, 3.63) is 0 Å². The minimum atomic E-state index is -0.715. The van der Waals surface area contributed by atoms with Gasteiger partial charge in [-0.3, -0.25) is 9.69 Å². The molecule has 0 aliphatic carbocycles. The molecule has 84 valence electrons. The topological polar surface area (TPSA) is 43.8 Å². The van der Waals surface area contributed by atoms with E-state index in [1.54, 1.807) is 0 Å². The van der Waals surface area contributed by atoms with Gasteiger partial charge in [0.1, 0.15) is 6.04 Å². The van der Waals surface area contributed by atoms with Crippen molar-refractivity contribution >= 4 is 5.97 Å². The average molecular weight is 202 g/mol. The SMILES string of the molecule is CCCC(C(=O)O)N(C)CCN(C)C. The second kappa shape index (κ2) is 6.79. The van der Waals surface area contributed by atoms with Crippen LogP contribution in [0.15, 0.2) is 0 Å². The van der Waals surface area contributed by atoms with E-state index in [1.165, 1.54) is 0 Å². The maximum Gasteiger partial charge on any atom is 0.320 e. The van der Waals surface area contributed by atoms with Crippen LogP contribution < -0.4 is 0 Å². The van der Waals surface area contributed by atoms with Crippen molar-refractivity contribution in [2.24, 2.45) is 0 Å². The molecule has 0 fully saturated rings. The molecule has 0 bridgehead atoms. The molecule has 0 amide bonds. The van der Waals surface area contributed by atoms with Gasteiger partial charge in [0.2, 0.25) is 0 Å². The Hall–Kier alpha value is -0.610. The van der Waals surface area contributed by atoms with Crippen molar-refractivity contribution in [3.63, 3.8) is 0 Å². The monoisotopic (exact) mass is 202 g/mol. The van der Waals surface area contributed by atoms with Crippen molar-refractivity contribution < 1.29 is 9.90 Å². The van der Waals surface area contributed by atoms with Gasteiger partial charge < -0.3 is 10.0 Å². The number of carboxylic acids is 1. The smallest absolute Gasteiger partial charge is 0.320 e. The van der Waals surface area contributed by atoms with Gasteiger partial charge in [0.15, 0.2) is 0 Å². The molecule has 0 heterocycles. The number of carbonyl (C=O) groups is 1. The highest BCUT2D eigenvalue weighted by molar-refractivity contribution is 5.73. The Morgan fingerprint density at radius 2 is 1.86 bits per heavy atom. The fourth-order valence-corrected chi connectivity index (χ4v) is 1.32. The summed E-state index contributed by atoms with van der Waals surface area (Å²) in [6.45, 7) is 3.70. The lowest BCUT2D eigenvalue weighted by Crippen LogP contribution is -2.41. The highest BCUT2D eigenvalue weighted by Crippen LogP contribution is 2.04. The molecule has 4 nitrogen and oxygen atoms in total. The molecular formula is C10H22N2O2. The van der Waals surface area contributed by atoms with Crippen LogP contribution in [-0.2, 0) is 4.79 Å². The number of hydrogen-bond donors (Lipinski definition) is 1. The summed E-state index contributed by atoms with van der Waals surface area (Å²) in [5.41, 5.74) is 0. The standard InChI is InChI=1S/C10H22N2O2/c1-5-6-9(10(13)14)12(4)8-7-11(2)3/h9H,5-8H2,1-4H3,(H,13,14). The molecule has 1 unspecified atom stereocenters. The van der Waals surface area contributed by atoms with Crippen LogP contribution in [0, 0.1) is 0 Å². The van der Waals surface area contributed by atoms with E-state index in [4.69, 9.17) is 5.11 Å². The van der Waals surface area contributed by atoms with E-state index < -0.39 is 5.97 Å². The third kappa shape index (κ3) is 5.19. The van der Waals surface area contributed by atoms with Gasteiger partial charge in [0, 0.05) is 13.1 Å². The molecule has 0 radical (unpaired) electrons. The summed E-state index contributed by atoms with van der Waals surface area (Å²) in [5, 5.41) is 8.98. The van der Waals surface area contributed by atoms with Crippen LogP contribution >= 0.6 is 0 Å². The van der Waals surface area contributed by atoms with Gasteiger partial charge in [-0.2, -0.15) is 0 Å². The average Bonchev–Trinajstić information content (AvgIpc) is 2.09. The Bertz CT molecular complexity index is 172. The highest BCUT2D eigenvalue weighted by atomic mass is 16.4. The summed E-state index contributed by atoms with van der Waals surface area (Å²) in [6.07, 6.45) is 1.63. The summed E-state index contributed by atoms with van der Waals surface area (Å²) in [5.74, 6) is -0.715. The van der Waals surface area contributed by atoms with E-state index in [1.807, 2.05) is 33.0 Å². The van der Waals surface area contributed by atoms with E-state index in [0.717, 1.165) is 25.9 Å². The predicted octanol–water partition coefficient (Wildman–Crippen LogP) is 0.733. The molecule has 0 aromatic heterocycles. The first kappa shape index (κ1) is 13.4. The van der Waals surface area contributed by atoms with Gasteiger partial charge in [-0.05, 0) is 27.6 Å². The zero-order valence-electron chi connectivity index (χ0n) is 9.66. The summed E-state index contributed by atoms with van der Waals surface area (Å²) in [7, 11) is 5.85. The first-order valence-corrected chi connectivity index (χ1v) is 5.06. The Morgan fingerprint density at radius 1 is 1.29 bits per heavy atom. The molecule has 0 spiro atoms. The maximum atomic E-state index is 10.9. The number of nitrogens with zero attached hydrogens (tertiary/aromatic N) is 2. The molecule has 0 aliphatic heterocycles. The minimum Gasteiger partial charge on any atom is -0.480 e. The van der Waals surface area contributed by atoms with E-state index >= 15 is 0 Å². The third-order valence-corrected chi connectivity index (χ3v) is 2.28. The molecule has 4 heteroatoms. The molecular weight excluding hydrogens is 180 g/mol. The van der Waals surface area contributed by atoms with E-state index in [2.05, 4.69) is 4.90 Å². The van der Waals surface area contributed by atoms with E-state index in [-0.39, 0.29) is 6.04 Å². The van der Waals surface area contributed by atoms with Crippen molar-refractivity contribution in [3.8, 4) is 0 Å². The molecule has 1 atom stereocenters. The van der Waals surface area contributed by atoms with Crippen molar-refractivity contribution in [2.45, 2.75) is 25.8 Å². The van der Waals surface area contributed by atoms with Gasteiger partial charge in [0.05, 0.1) is 0 Å². The fourth-order valence-electron chi connectivity index (χ4n) is 1.32. The Kier molecular flexibility index (Phi) is 6.49. The van der Waals surface area contributed by atoms with Crippen molar-refractivity contribution in [2.75, 3.05) is 34.2 Å². The zero-order valence-corrected chi connectivity index (χ0v) is 9.66. The first-order chi connectivity index (χ1) is 6.49. The van der Waals surface area contributed by atoms with Crippen LogP contribution in [0.2, 0.25) is 0 Å². The molecule has 1 N–H and O–H groups in total. The van der Waals surface area contributed by atoms with E-state index in [0.29, 0.717) is 0 Å². The minimum absolute atomic E-state index is 0.333. The van der Waals surface area contributed by atoms with Gasteiger partial charge >= 0.3 is 5.97 Å². The number of hydrogen-bond acceptors (Lipinski definition) is 3. The van der Waals surface area contributed by atoms with E-state index in [9.17, 15) is 4.79 Å².